The summed E-state index contributed by atoms with van der Waals surface area (Å²) < 4.78 is 2.36. The molecule has 0 nitrogen and oxygen atoms in total. The first-order chi connectivity index (χ1) is 5.52. The number of hydrogen-bond donors (Lipinski definition) is 0. The van der Waals surface area contributed by atoms with Crippen molar-refractivity contribution in [2.24, 2.45) is 0 Å². The molecule has 66 valence electrons. The van der Waals surface area contributed by atoms with Crippen LogP contribution in [0.15, 0.2) is 21.1 Å². The van der Waals surface area contributed by atoms with Crippen molar-refractivity contribution in [3.05, 3.63) is 32.2 Å². The number of benzene rings is 1. The zero-order valence-corrected chi connectivity index (χ0v) is 10.7. The van der Waals surface area contributed by atoms with E-state index in [4.69, 9.17) is 0 Å². The Hall–Kier alpha value is 0.180. The zero-order chi connectivity index (χ0) is 9.30. The molecule has 1 aromatic carbocycles. The van der Waals surface area contributed by atoms with Gasteiger partial charge in [-0.1, -0.05) is 51.8 Å². The van der Waals surface area contributed by atoms with Gasteiger partial charge in [-0.25, -0.2) is 0 Å². The summed E-state index contributed by atoms with van der Waals surface area (Å²) in [4.78, 5) is 0. The molecule has 0 unspecified atom stereocenters. The molecule has 0 bridgehead atoms. The van der Waals surface area contributed by atoms with Crippen molar-refractivity contribution in [3.8, 4) is 0 Å². The van der Waals surface area contributed by atoms with Gasteiger partial charge in [0.2, 0.25) is 0 Å². The molecule has 0 N–H and O–H groups in total. The second-order valence-electron chi connectivity index (χ2n) is 3.28. The summed E-state index contributed by atoms with van der Waals surface area (Å²) in [5, 5.41) is 0. The monoisotopic (exact) mass is 290 g/mol. The summed E-state index contributed by atoms with van der Waals surface area (Å²) in [5.41, 5.74) is 2.66. The Labute approximate surface area is 90.6 Å². The molecule has 2 heteroatoms. The van der Waals surface area contributed by atoms with Crippen LogP contribution in [-0.4, -0.2) is 0 Å². The van der Waals surface area contributed by atoms with E-state index >= 15 is 0 Å². The molecule has 0 aromatic heterocycles. The lowest BCUT2D eigenvalue weighted by Crippen LogP contribution is -1.90. The highest BCUT2D eigenvalue weighted by molar-refractivity contribution is 9.11. The fourth-order valence-corrected chi connectivity index (χ4v) is 2.57. The molecule has 0 saturated heterocycles. The maximum atomic E-state index is 3.55. The Morgan fingerprint density at radius 2 is 1.67 bits per heavy atom. The summed E-state index contributed by atoms with van der Waals surface area (Å²) in [6.45, 7) is 6.52. The molecule has 1 aromatic rings. The van der Waals surface area contributed by atoms with Crippen LogP contribution in [0.2, 0.25) is 0 Å². The van der Waals surface area contributed by atoms with E-state index < -0.39 is 0 Å². The van der Waals surface area contributed by atoms with Gasteiger partial charge in [-0.15, -0.1) is 0 Å². The summed E-state index contributed by atoms with van der Waals surface area (Å²) in [6, 6.07) is 4.34. The van der Waals surface area contributed by atoms with E-state index in [1.807, 2.05) is 0 Å². The van der Waals surface area contributed by atoms with Gasteiger partial charge in [0.05, 0.1) is 0 Å². The van der Waals surface area contributed by atoms with Crippen LogP contribution in [0.3, 0.4) is 0 Å². The Bertz CT molecular complexity index is 290. The van der Waals surface area contributed by atoms with Gasteiger partial charge in [0.25, 0.3) is 0 Å². The van der Waals surface area contributed by atoms with Crippen molar-refractivity contribution >= 4 is 31.9 Å². The molecule has 0 saturated carbocycles. The standard InChI is InChI=1S/C10H12Br2/c1-6(2)8-4-7(3)9(11)5-10(8)12/h4-6H,1-3H3. The topological polar surface area (TPSA) is 0 Å². The van der Waals surface area contributed by atoms with E-state index in [1.54, 1.807) is 0 Å². The lowest BCUT2D eigenvalue weighted by molar-refractivity contribution is 0.858. The van der Waals surface area contributed by atoms with Gasteiger partial charge >= 0.3 is 0 Å². The normalized spacial score (nSPS) is 10.8. The number of halogens is 2. The van der Waals surface area contributed by atoms with E-state index in [1.165, 1.54) is 20.1 Å². The molecular formula is C10H12Br2. The molecule has 0 spiro atoms. The quantitative estimate of drug-likeness (QED) is 0.707. The fraction of sp³-hybridized carbons (Fsp3) is 0.400. The molecule has 0 atom stereocenters. The Balaban J connectivity index is 3.23. The highest BCUT2D eigenvalue weighted by Crippen LogP contribution is 2.30. The molecule has 0 aliphatic carbocycles. The van der Waals surface area contributed by atoms with Crippen LogP contribution in [0, 0.1) is 6.92 Å². The van der Waals surface area contributed by atoms with Gasteiger partial charge in [0.15, 0.2) is 0 Å². The molecule has 0 aliphatic rings. The van der Waals surface area contributed by atoms with Crippen molar-refractivity contribution in [1.82, 2.24) is 0 Å². The van der Waals surface area contributed by atoms with E-state index in [0.29, 0.717) is 5.92 Å². The lowest BCUT2D eigenvalue weighted by atomic mass is 10.0. The third-order valence-electron chi connectivity index (χ3n) is 1.90. The maximum absolute atomic E-state index is 3.55. The molecule has 0 heterocycles. The van der Waals surface area contributed by atoms with Crippen LogP contribution in [0.25, 0.3) is 0 Å². The van der Waals surface area contributed by atoms with E-state index in [2.05, 4.69) is 64.8 Å². The predicted octanol–water partition coefficient (Wildman–Crippen LogP) is 4.64. The summed E-state index contributed by atoms with van der Waals surface area (Å²) in [5.74, 6) is 0.575. The van der Waals surface area contributed by atoms with Crippen LogP contribution in [0.5, 0.6) is 0 Å². The van der Waals surface area contributed by atoms with Crippen LogP contribution >= 0.6 is 31.9 Å². The lowest BCUT2D eigenvalue weighted by Gasteiger charge is -2.10. The molecule has 1 rings (SSSR count). The van der Waals surface area contributed by atoms with Crippen LogP contribution in [0.1, 0.15) is 30.9 Å². The molecule has 0 aliphatic heterocycles. The first-order valence-corrected chi connectivity index (χ1v) is 5.56. The van der Waals surface area contributed by atoms with E-state index in [0.717, 1.165) is 0 Å². The molecule has 12 heavy (non-hydrogen) atoms. The molecule has 0 amide bonds. The Morgan fingerprint density at radius 3 is 2.17 bits per heavy atom. The van der Waals surface area contributed by atoms with Crippen molar-refractivity contribution < 1.29 is 0 Å². The number of aryl methyl sites for hydroxylation is 1. The SMILES string of the molecule is Cc1cc(C(C)C)c(Br)cc1Br. The van der Waals surface area contributed by atoms with Gasteiger partial charge < -0.3 is 0 Å². The van der Waals surface area contributed by atoms with Crippen LogP contribution in [-0.2, 0) is 0 Å². The van der Waals surface area contributed by atoms with Crippen molar-refractivity contribution in [1.29, 1.82) is 0 Å². The predicted molar refractivity (Wildman–Crippen MR) is 60.7 cm³/mol. The van der Waals surface area contributed by atoms with Crippen molar-refractivity contribution in [3.63, 3.8) is 0 Å². The van der Waals surface area contributed by atoms with Gasteiger partial charge in [-0.2, -0.15) is 0 Å². The number of rotatable bonds is 1. The Morgan fingerprint density at radius 1 is 1.08 bits per heavy atom. The molecular weight excluding hydrogens is 280 g/mol. The van der Waals surface area contributed by atoms with E-state index in [9.17, 15) is 0 Å². The Kier molecular flexibility index (Phi) is 3.36. The van der Waals surface area contributed by atoms with Gasteiger partial charge in [-0.3, -0.25) is 0 Å². The minimum Gasteiger partial charge on any atom is -0.0586 e. The average Bonchev–Trinajstić information content (AvgIpc) is 1.96. The minimum absolute atomic E-state index is 0.575. The highest BCUT2D eigenvalue weighted by atomic mass is 79.9. The maximum Gasteiger partial charge on any atom is 0.0221 e. The fourth-order valence-electron chi connectivity index (χ4n) is 1.12. The smallest absolute Gasteiger partial charge is 0.0221 e. The van der Waals surface area contributed by atoms with Gasteiger partial charge in [0.1, 0.15) is 0 Å². The number of hydrogen-bond acceptors (Lipinski definition) is 0. The summed E-state index contributed by atoms with van der Waals surface area (Å²) in [7, 11) is 0. The largest absolute Gasteiger partial charge is 0.0586 e. The van der Waals surface area contributed by atoms with Gasteiger partial charge in [-0.05, 0) is 30.0 Å². The first kappa shape index (κ1) is 10.3. The first-order valence-electron chi connectivity index (χ1n) is 3.98. The van der Waals surface area contributed by atoms with E-state index in [-0.39, 0.29) is 0 Å². The molecule has 0 radical (unpaired) electrons. The molecule has 0 fully saturated rings. The summed E-state index contributed by atoms with van der Waals surface area (Å²) in [6.07, 6.45) is 0. The second-order valence-corrected chi connectivity index (χ2v) is 4.99. The second kappa shape index (κ2) is 3.93. The third kappa shape index (κ3) is 2.11. The van der Waals surface area contributed by atoms with Crippen LogP contribution in [0.4, 0.5) is 0 Å². The van der Waals surface area contributed by atoms with Crippen LogP contribution < -0.4 is 0 Å². The van der Waals surface area contributed by atoms with Crippen molar-refractivity contribution in [2.45, 2.75) is 26.7 Å². The zero-order valence-electron chi connectivity index (χ0n) is 7.49. The third-order valence-corrected chi connectivity index (χ3v) is 3.44. The minimum atomic E-state index is 0.575. The highest BCUT2D eigenvalue weighted by Gasteiger charge is 2.06. The van der Waals surface area contributed by atoms with Gasteiger partial charge in [0, 0.05) is 8.95 Å². The summed E-state index contributed by atoms with van der Waals surface area (Å²) >= 11 is 7.05. The van der Waals surface area contributed by atoms with Crippen molar-refractivity contribution in [2.75, 3.05) is 0 Å². The average molecular weight is 292 g/mol.